The zero-order valence-corrected chi connectivity index (χ0v) is 14.7. The molecule has 20 heavy (non-hydrogen) atoms. The minimum Gasteiger partial charge on any atom is -0.319 e. The van der Waals surface area contributed by atoms with Crippen LogP contribution >= 0.6 is 11.3 Å². The summed E-state index contributed by atoms with van der Waals surface area (Å²) in [4.78, 5) is 4.94. The van der Waals surface area contributed by atoms with E-state index in [2.05, 4.69) is 46.9 Å². The molecule has 1 aromatic heterocycles. The zero-order chi connectivity index (χ0) is 15.1. The first-order chi connectivity index (χ1) is 9.14. The maximum absolute atomic E-state index is 6.92. The van der Waals surface area contributed by atoms with Crippen molar-refractivity contribution in [3.05, 3.63) is 16.1 Å². The predicted molar refractivity (Wildman–Crippen MR) is 88.0 cm³/mol. The Bertz CT molecular complexity index is 458. The first kappa shape index (κ1) is 16.0. The summed E-state index contributed by atoms with van der Waals surface area (Å²) in [5.41, 5.74) is 7.99. The van der Waals surface area contributed by atoms with Gasteiger partial charge in [0.2, 0.25) is 0 Å². The van der Waals surface area contributed by atoms with Gasteiger partial charge in [-0.15, -0.1) is 11.3 Å². The lowest BCUT2D eigenvalue weighted by Gasteiger charge is -2.44. The van der Waals surface area contributed by atoms with Gasteiger partial charge in [0.15, 0.2) is 0 Å². The highest BCUT2D eigenvalue weighted by molar-refractivity contribution is 7.09. The minimum atomic E-state index is -0.222. The Morgan fingerprint density at radius 3 is 2.50 bits per heavy atom. The van der Waals surface area contributed by atoms with Gasteiger partial charge in [-0.3, -0.25) is 0 Å². The van der Waals surface area contributed by atoms with E-state index in [0.29, 0.717) is 17.8 Å². The second kappa shape index (κ2) is 5.42. The van der Waals surface area contributed by atoms with Crippen LogP contribution in [0.4, 0.5) is 0 Å². The fraction of sp³-hybridized carbons (Fsp3) is 0.824. The summed E-state index contributed by atoms with van der Waals surface area (Å²) in [6.45, 7) is 13.6. The van der Waals surface area contributed by atoms with Crippen molar-refractivity contribution < 1.29 is 0 Å². The number of nitrogens with zero attached hydrogens (tertiary/aromatic N) is 1. The summed E-state index contributed by atoms with van der Waals surface area (Å²) in [6.07, 6.45) is 3.62. The third kappa shape index (κ3) is 2.94. The molecule has 0 aromatic carbocycles. The van der Waals surface area contributed by atoms with E-state index >= 15 is 0 Å². The van der Waals surface area contributed by atoms with Crippen LogP contribution in [0.3, 0.4) is 0 Å². The van der Waals surface area contributed by atoms with Crippen LogP contribution in [0.2, 0.25) is 0 Å². The number of hydrogen-bond donors (Lipinski definition) is 1. The average Bonchev–Trinajstić information content (AvgIpc) is 2.77. The van der Waals surface area contributed by atoms with E-state index in [1.165, 1.54) is 18.5 Å². The Morgan fingerprint density at radius 2 is 2.00 bits per heavy atom. The van der Waals surface area contributed by atoms with Crippen molar-refractivity contribution in [1.29, 1.82) is 0 Å². The summed E-state index contributed by atoms with van der Waals surface area (Å²) in [7, 11) is 0. The van der Waals surface area contributed by atoms with Crippen LogP contribution in [0.25, 0.3) is 0 Å². The van der Waals surface area contributed by atoms with Crippen molar-refractivity contribution in [1.82, 2.24) is 4.98 Å². The molecule has 3 unspecified atom stereocenters. The molecule has 1 heterocycles. The molecular formula is C17H30N2S. The fourth-order valence-electron chi connectivity index (χ4n) is 3.56. The van der Waals surface area contributed by atoms with Crippen molar-refractivity contribution in [3.8, 4) is 0 Å². The monoisotopic (exact) mass is 294 g/mol. The van der Waals surface area contributed by atoms with Crippen LogP contribution in [0.15, 0.2) is 5.38 Å². The molecule has 1 aliphatic carbocycles. The van der Waals surface area contributed by atoms with E-state index in [1.54, 1.807) is 11.3 Å². The maximum atomic E-state index is 6.92. The molecule has 0 aliphatic heterocycles. The van der Waals surface area contributed by atoms with Crippen molar-refractivity contribution >= 4 is 11.3 Å². The first-order valence-electron chi connectivity index (χ1n) is 7.90. The van der Waals surface area contributed by atoms with E-state index in [9.17, 15) is 0 Å². The van der Waals surface area contributed by atoms with Crippen LogP contribution < -0.4 is 5.73 Å². The van der Waals surface area contributed by atoms with E-state index in [-0.39, 0.29) is 11.0 Å². The van der Waals surface area contributed by atoms with E-state index < -0.39 is 0 Å². The molecular weight excluding hydrogens is 264 g/mol. The number of rotatable bonds is 2. The van der Waals surface area contributed by atoms with Crippen molar-refractivity contribution in [3.63, 3.8) is 0 Å². The Morgan fingerprint density at radius 1 is 1.35 bits per heavy atom. The summed E-state index contributed by atoms with van der Waals surface area (Å²) in [5.74, 6) is 1.88. The van der Waals surface area contributed by atoms with Crippen LogP contribution in [0, 0.1) is 17.8 Å². The van der Waals surface area contributed by atoms with Crippen molar-refractivity contribution in [2.75, 3.05) is 0 Å². The van der Waals surface area contributed by atoms with E-state index in [0.717, 1.165) is 11.4 Å². The number of nitrogens with two attached hydrogens (primary N) is 1. The van der Waals surface area contributed by atoms with Crippen molar-refractivity contribution in [2.45, 2.75) is 71.8 Å². The summed E-state index contributed by atoms with van der Waals surface area (Å²) in [6, 6.07) is 0. The lowest BCUT2D eigenvalue weighted by Crippen LogP contribution is -2.50. The number of hydrogen-bond acceptors (Lipinski definition) is 3. The van der Waals surface area contributed by atoms with Gasteiger partial charge in [-0.05, 0) is 30.6 Å². The number of aromatic nitrogens is 1. The second-order valence-corrected chi connectivity index (χ2v) is 8.92. The van der Waals surface area contributed by atoms with Gasteiger partial charge >= 0.3 is 0 Å². The molecule has 0 bridgehead atoms. The van der Waals surface area contributed by atoms with Gasteiger partial charge < -0.3 is 5.73 Å². The molecule has 2 N–H and O–H groups in total. The third-order valence-corrected chi connectivity index (χ3v) is 5.83. The first-order valence-corrected chi connectivity index (χ1v) is 8.78. The molecule has 1 saturated carbocycles. The smallest absolute Gasteiger partial charge is 0.113 e. The van der Waals surface area contributed by atoms with Crippen LogP contribution in [0.1, 0.15) is 71.5 Å². The fourth-order valence-corrected chi connectivity index (χ4v) is 4.79. The Labute approximate surface area is 128 Å². The van der Waals surface area contributed by atoms with Gasteiger partial charge in [0.1, 0.15) is 5.01 Å². The van der Waals surface area contributed by atoms with E-state index in [1.807, 2.05) is 0 Å². The van der Waals surface area contributed by atoms with Gasteiger partial charge in [-0.1, -0.05) is 48.0 Å². The molecule has 0 saturated heterocycles. The molecule has 1 fully saturated rings. The molecule has 3 atom stereocenters. The molecule has 3 heteroatoms. The zero-order valence-electron chi connectivity index (χ0n) is 13.9. The lowest BCUT2D eigenvalue weighted by atomic mass is 9.65. The standard InChI is InChI=1S/C17H30N2S/c1-11(2)13-8-7-12(3)9-17(13,18)15-19-14(10-20-15)16(4,5)6/h10-13H,7-9,18H2,1-6H3. The summed E-state index contributed by atoms with van der Waals surface area (Å²) in [5, 5.41) is 3.37. The molecule has 0 spiro atoms. The Balaban J connectivity index is 2.37. The highest BCUT2D eigenvalue weighted by Crippen LogP contribution is 2.46. The van der Waals surface area contributed by atoms with Gasteiger partial charge in [0.05, 0.1) is 11.2 Å². The van der Waals surface area contributed by atoms with Gasteiger partial charge in [-0.2, -0.15) is 0 Å². The van der Waals surface area contributed by atoms with Crippen LogP contribution in [-0.2, 0) is 11.0 Å². The largest absolute Gasteiger partial charge is 0.319 e. The highest BCUT2D eigenvalue weighted by Gasteiger charge is 2.44. The maximum Gasteiger partial charge on any atom is 0.113 e. The van der Waals surface area contributed by atoms with Crippen molar-refractivity contribution in [2.24, 2.45) is 23.5 Å². The molecule has 114 valence electrons. The number of thiazole rings is 1. The highest BCUT2D eigenvalue weighted by atomic mass is 32.1. The Hall–Kier alpha value is -0.410. The quantitative estimate of drug-likeness (QED) is 0.859. The topological polar surface area (TPSA) is 38.9 Å². The molecule has 0 amide bonds. The Kier molecular flexibility index (Phi) is 4.32. The van der Waals surface area contributed by atoms with Crippen LogP contribution in [-0.4, -0.2) is 4.98 Å². The molecule has 2 rings (SSSR count). The summed E-state index contributed by atoms with van der Waals surface area (Å²) < 4.78 is 0. The third-order valence-electron chi connectivity index (χ3n) is 4.79. The summed E-state index contributed by atoms with van der Waals surface area (Å²) >= 11 is 1.77. The average molecular weight is 295 g/mol. The second-order valence-electron chi connectivity index (χ2n) is 8.07. The molecule has 2 nitrogen and oxygen atoms in total. The van der Waals surface area contributed by atoms with E-state index in [4.69, 9.17) is 10.7 Å². The van der Waals surface area contributed by atoms with Gasteiger partial charge in [0, 0.05) is 10.8 Å². The van der Waals surface area contributed by atoms with Gasteiger partial charge in [-0.25, -0.2) is 4.98 Å². The normalized spacial score (nSPS) is 31.8. The molecule has 1 aromatic rings. The molecule has 0 radical (unpaired) electrons. The van der Waals surface area contributed by atoms with Gasteiger partial charge in [0.25, 0.3) is 0 Å². The lowest BCUT2D eigenvalue weighted by molar-refractivity contribution is 0.108. The molecule has 1 aliphatic rings. The SMILES string of the molecule is CC1CCC(C(C)C)C(N)(c2nc(C(C)(C)C)cs2)C1. The predicted octanol–water partition coefficient (Wildman–Crippen LogP) is 4.69. The van der Waals surface area contributed by atoms with Crippen LogP contribution in [0.5, 0.6) is 0 Å². The minimum absolute atomic E-state index is 0.110.